The molecule has 2 heterocycles. The van der Waals surface area contributed by atoms with E-state index in [1.54, 1.807) is 25.3 Å². The Morgan fingerprint density at radius 1 is 0.860 bits per heavy atom. The summed E-state index contributed by atoms with van der Waals surface area (Å²) in [6, 6.07) is 0. The highest BCUT2D eigenvalue weighted by molar-refractivity contribution is 5.67. The molecule has 0 radical (unpaired) electrons. The maximum atomic E-state index is 11.5. The first-order chi connectivity index (χ1) is 23.6. The van der Waals surface area contributed by atoms with E-state index in [4.69, 9.17) is 24.1 Å². The highest BCUT2D eigenvalue weighted by Gasteiger charge is 2.57. The van der Waals surface area contributed by atoms with Crippen LogP contribution in [0.15, 0.2) is 72.4 Å². The second-order valence-electron chi connectivity index (χ2n) is 14.7. The summed E-state index contributed by atoms with van der Waals surface area (Å²) in [5, 5.41) is 43.3. The van der Waals surface area contributed by atoms with E-state index in [0.717, 1.165) is 6.42 Å². The zero-order valence-corrected chi connectivity index (χ0v) is 32.0. The molecule has 0 aromatic carbocycles. The fourth-order valence-electron chi connectivity index (χ4n) is 7.42. The number of carbonyl (C=O) groups is 1. The molecule has 4 N–H and O–H groups in total. The number of allylic oxidation sites excluding steroid dienone is 10. The predicted molar refractivity (Wildman–Crippen MR) is 198 cm³/mol. The van der Waals surface area contributed by atoms with E-state index in [9.17, 15) is 20.1 Å². The number of hydrogen-bond acceptors (Lipinski definition) is 8. The third kappa shape index (κ3) is 12.4. The second-order valence-corrected chi connectivity index (χ2v) is 14.7. The van der Waals surface area contributed by atoms with Crippen LogP contribution >= 0.6 is 0 Å². The Bertz CT molecular complexity index is 1200. The lowest BCUT2D eigenvalue weighted by atomic mass is 9.74. The quantitative estimate of drug-likeness (QED) is 0.0899. The van der Waals surface area contributed by atoms with Crippen molar-refractivity contribution in [1.82, 2.24) is 0 Å². The Balaban J connectivity index is 2.10. The molecular formula is C41H66O9. The van der Waals surface area contributed by atoms with Crippen molar-refractivity contribution in [2.75, 3.05) is 14.2 Å². The van der Waals surface area contributed by atoms with Gasteiger partial charge in [-0.1, -0.05) is 114 Å². The first-order valence-corrected chi connectivity index (χ1v) is 18.3. The van der Waals surface area contributed by atoms with Crippen LogP contribution in [0.1, 0.15) is 81.1 Å². The summed E-state index contributed by atoms with van der Waals surface area (Å²) < 4.78 is 24.6. The van der Waals surface area contributed by atoms with E-state index in [1.165, 1.54) is 12.7 Å². The summed E-state index contributed by atoms with van der Waals surface area (Å²) in [7, 11) is 3.16. The normalized spacial score (nSPS) is 32.7. The smallest absolute Gasteiger partial charge is 0.306 e. The SMILES string of the molecule is C/C=C(\C)C[C@H](C)[C@H](O)[C@@H](C)[C@H]1O[C@@]2(C[C@@H](OC)[C@H]1C)O[C@H]([C@@H](C)[C@@H](O)[C@@H](C)\C=C/C=C/C=C\C=C\C=C/[C@H](CC(=O)O)OC)[C@@H](C)C[C@H]2O. The summed E-state index contributed by atoms with van der Waals surface area (Å²) in [6.45, 7) is 16.2. The Morgan fingerprint density at radius 3 is 1.94 bits per heavy atom. The molecule has 14 atom stereocenters. The summed E-state index contributed by atoms with van der Waals surface area (Å²) >= 11 is 0. The average Bonchev–Trinajstić information content (AvgIpc) is 3.09. The van der Waals surface area contributed by atoms with E-state index >= 15 is 0 Å². The van der Waals surface area contributed by atoms with Crippen molar-refractivity contribution in [1.29, 1.82) is 0 Å². The van der Waals surface area contributed by atoms with Gasteiger partial charge in [0.1, 0.15) is 6.10 Å². The predicted octanol–water partition coefficient (Wildman–Crippen LogP) is 6.80. The highest BCUT2D eigenvalue weighted by Crippen LogP contribution is 2.47. The molecule has 9 nitrogen and oxygen atoms in total. The summed E-state index contributed by atoms with van der Waals surface area (Å²) in [5.41, 5.74) is 1.23. The van der Waals surface area contributed by atoms with Gasteiger partial charge >= 0.3 is 5.97 Å². The molecule has 2 aliphatic rings. The molecule has 2 saturated heterocycles. The number of aliphatic hydroxyl groups is 3. The van der Waals surface area contributed by atoms with Crippen molar-refractivity contribution in [3.63, 3.8) is 0 Å². The molecular weight excluding hydrogens is 636 g/mol. The molecule has 1 spiro atoms. The number of hydrogen-bond donors (Lipinski definition) is 4. The van der Waals surface area contributed by atoms with Crippen molar-refractivity contribution in [2.24, 2.45) is 35.5 Å². The van der Waals surface area contributed by atoms with Crippen molar-refractivity contribution in [3.05, 3.63) is 72.4 Å². The van der Waals surface area contributed by atoms with Gasteiger partial charge in [-0.2, -0.15) is 0 Å². The number of aliphatic carboxylic acids is 1. The minimum absolute atomic E-state index is 0.0174. The Morgan fingerprint density at radius 2 is 1.40 bits per heavy atom. The maximum Gasteiger partial charge on any atom is 0.306 e. The van der Waals surface area contributed by atoms with Crippen molar-refractivity contribution in [2.45, 2.75) is 130 Å². The van der Waals surface area contributed by atoms with Crippen LogP contribution in [0.2, 0.25) is 0 Å². The van der Waals surface area contributed by atoms with Gasteiger partial charge in [-0.05, 0) is 38.5 Å². The first kappa shape index (κ1) is 43.8. The lowest BCUT2D eigenvalue weighted by molar-refractivity contribution is -0.391. The molecule has 0 aromatic heterocycles. The van der Waals surface area contributed by atoms with Crippen LogP contribution in [-0.4, -0.2) is 89.1 Å². The minimum Gasteiger partial charge on any atom is -0.481 e. The topological polar surface area (TPSA) is 135 Å². The lowest BCUT2D eigenvalue weighted by Gasteiger charge is -2.56. The molecule has 9 heteroatoms. The molecule has 0 aliphatic carbocycles. The first-order valence-electron chi connectivity index (χ1n) is 18.3. The van der Waals surface area contributed by atoms with Crippen LogP contribution in [0.5, 0.6) is 0 Å². The van der Waals surface area contributed by atoms with E-state index in [0.29, 0.717) is 12.8 Å². The van der Waals surface area contributed by atoms with Gasteiger partial charge < -0.3 is 39.4 Å². The molecule has 2 fully saturated rings. The molecule has 0 aromatic rings. The Kier molecular flexibility index (Phi) is 18.6. The van der Waals surface area contributed by atoms with E-state index in [2.05, 4.69) is 26.8 Å². The molecule has 0 bridgehead atoms. The van der Waals surface area contributed by atoms with Gasteiger partial charge in [0.2, 0.25) is 0 Å². The molecule has 284 valence electrons. The van der Waals surface area contributed by atoms with Gasteiger partial charge in [0, 0.05) is 44.3 Å². The molecule has 2 rings (SSSR count). The van der Waals surface area contributed by atoms with E-state index in [-0.39, 0.29) is 54.1 Å². The molecule has 2 aliphatic heterocycles. The van der Waals surface area contributed by atoms with Gasteiger partial charge in [-0.15, -0.1) is 0 Å². The number of aliphatic hydroxyl groups excluding tert-OH is 3. The third-order valence-corrected chi connectivity index (χ3v) is 10.8. The van der Waals surface area contributed by atoms with Crippen LogP contribution < -0.4 is 0 Å². The van der Waals surface area contributed by atoms with Crippen molar-refractivity contribution < 1.29 is 44.2 Å². The van der Waals surface area contributed by atoms with Gasteiger partial charge in [0.05, 0.1) is 43.0 Å². The van der Waals surface area contributed by atoms with Crippen molar-refractivity contribution >= 4 is 5.97 Å². The molecule has 0 unspecified atom stereocenters. The fourth-order valence-corrected chi connectivity index (χ4v) is 7.42. The van der Waals surface area contributed by atoms with Crippen LogP contribution in [-0.2, 0) is 23.7 Å². The number of carboxylic acids is 1. The third-order valence-electron chi connectivity index (χ3n) is 10.8. The minimum atomic E-state index is -1.30. The molecule has 50 heavy (non-hydrogen) atoms. The summed E-state index contributed by atoms with van der Waals surface area (Å²) in [4.78, 5) is 10.8. The summed E-state index contributed by atoms with van der Waals surface area (Å²) in [5.74, 6) is -2.87. The number of methoxy groups -OCH3 is 2. The van der Waals surface area contributed by atoms with E-state index < -0.39 is 42.3 Å². The molecule has 0 amide bonds. The summed E-state index contributed by atoms with van der Waals surface area (Å²) in [6.07, 6.45) is 18.4. The van der Waals surface area contributed by atoms with Crippen molar-refractivity contribution in [3.8, 4) is 0 Å². The maximum absolute atomic E-state index is 11.5. The van der Waals surface area contributed by atoms with Gasteiger partial charge in [0.25, 0.3) is 0 Å². The van der Waals surface area contributed by atoms with Crippen LogP contribution in [0, 0.1) is 35.5 Å². The number of rotatable bonds is 18. The largest absolute Gasteiger partial charge is 0.481 e. The molecule has 0 saturated carbocycles. The monoisotopic (exact) mass is 702 g/mol. The highest BCUT2D eigenvalue weighted by atomic mass is 16.7. The lowest BCUT2D eigenvalue weighted by Crippen LogP contribution is -2.65. The van der Waals surface area contributed by atoms with Gasteiger partial charge in [-0.25, -0.2) is 0 Å². The Hall–Kier alpha value is -2.37. The van der Waals surface area contributed by atoms with Crippen LogP contribution in [0.4, 0.5) is 0 Å². The Labute approximate surface area is 301 Å². The number of ether oxygens (including phenoxy) is 4. The van der Waals surface area contributed by atoms with Gasteiger partial charge in [-0.3, -0.25) is 4.79 Å². The standard InChI is InChI=1S/C41H66O9/c1-11-26(2)22-28(4)38(46)32(8)40-30(6)34(48-10)25-41(50-40)35(42)23-29(5)39(49-41)31(7)37(45)27(3)20-18-16-14-12-13-15-17-19-21-33(47-9)24-36(43)44/h11-21,27-35,37-40,42,45-46H,22-25H2,1-10H3,(H,43,44)/b13-12-,16-14+,17-15+,20-18-,21-19-,26-11+/t27-,28-,29-,30+,31-,32+,33+,34+,35+,37-,38-,39-,40-,41+/m0/s1. The zero-order valence-electron chi connectivity index (χ0n) is 32.0. The van der Waals surface area contributed by atoms with Gasteiger partial charge in [0.15, 0.2) is 5.79 Å². The van der Waals surface area contributed by atoms with Crippen LogP contribution in [0.25, 0.3) is 0 Å². The zero-order chi connectivity index (χ0) is 37.6. The average molecular weight is 703 g/mol. The number of carboxylic acid groups (broad SMARTS) is 1. The van der Waals surface area contributed by atoms with Crippen LogP contribution in [0.3, 0.4) is 0 Å². The fraction of sp³-hybridized carbons (Fsp3) is 0.683. The second kappa shape index (κ2) is 21.2. The van der Waals surface area contributed by atoms with E-state index in [1.807, 2.05) is 77.2 Å².